The first kappa shape index (κ1) is 21.2. The smallest absolute Gasteiger partial charge is 0.413 e. The van der Waals surface area contributed by atoms with Gasteiger partial charge in [0, 0.05) is 18.0 Å². The van der Waals surface area contributed by atoms with Crippen LogP contribution in [0.1, 0.15) is 44.2 Å². The van der Waals surface area contributed by atoms with Gasteiger partial charge < -0.3 is 29.9 Å². The van der Waals surface area contributed by atoms with E-state index >= 15 is 0 Å². The summed E-state index contributed by atoms with van der Waals surface area (Å²) in [4.78, 5) is 39.0. The zero-order valence-electron chi connectivity index (χ0n) is 18.4. The predicted molar refractivity (Wildman–Crippen MR) is 112 cm³/mol. The Kier molecular flexibility index (Phi) is 4.59. The zero-order chi connectivity index (χ0) is 23.0. The molecule has 5 atom stereocenters. The summed E-state index contributed by atoms with van der Waals surface area (Å²) in [6.45, 7) is 4.10. The van der Waals surface area contributed by atoms with E-state index in [0.29, 0.717) is 25.0 Å². The third-order valence-corrected chi connectivity index (χ3v) is 7.92. The lowest BCUT2D eigenvalue weighted by molar-refractivity contribution is -0.185. The molecule has 4 aliphatic rings. The Morgan fingerprint density at radius 3 is 2.75 bits per heavy atom. The van der Waals surface area contributed by atoms with Crippen molar-refractivity contribution in [2.45, 2.75) is 68.7 Å². The average molecular weight is 444 g/mol. The van der Waals surface area contributed by atoms with E-state index in [1.54, 1.807) is 19.9 Å². The third-order valence-electron chi connectivity index (χ3n) is 7.92. The van der Waals surface area contributed by atoms with Gasteiger partial charge in [-0.3, -0.25) is 4.79 Å². The van der Waals surface area contributed by atoms with Gasteiger partial charge in [0.2, 0.25) is 0 Å². The molecule has 0 radical (unpaired) electrons. The molecule has 0 aromatic heterocycles. The Hall–Kier alpha value is -2.65. The minimum atomic E-state index is -1.15. The number of ether oxygens (including phenoxy) is 2. The summed E-state index contributed by atoms with van der Waals surface area (Å²) in [5, 5.41) is 23.7. The molecule has 2 heterocycles. The standard InChI is InChI=1S/C23H28N2O7/c1-11(2)17(20(27)28)24-21(29)31-14-5-4-12-10-15-23(30)7-6-13(26)19-22(23,8-9-25(15)3)16(12)18(14)32-19/h4-5,11,15,17,19,30H,6-10H2,1-3H3,(H,24,29)(H,27,28)/t15-,17?,19-,22+,23?/m1/s1. The lowest BCUT2D eigenvalue weighted by Gasteiger charge is -2.61. The van der Waals surface area contributed by atoms with Crippen molar-refractivity contribution >= 4 is 17.8 Å². The van der Waals surface area contributed by atoms with Crippen LogP contribution in [0.4, 0.5) is 4.79 Å². The van der Waals surface area contributed by atoms with Crippen LogP contribution in [-0.2, 0) is 21.4 Å². The third kappa shape index (κ3) is 2.61. The fourth-order valence-corrected chi connectivity index (χ4v) is 6.37. The maximum Gasteiger partial charge on any atom is 0.413 e. The highest BCUT2D eigenvalue weighted by molar-refractivity contribution is 5.90. The van der Waals surface area contributed by atoms with Gasteiger partial charge in [-0.1, -0.05) is 19.9 Å². The molecule has 1 aromatic carbocycles. The van der Waals surface area contributed by atoms with E-state index in [1.807, 2.05) is 13.1 Å². The van der Waals surface area contributed by atoms with Gasteiger partial charge in [0.15, 0.2) is 23.4 Å². The van der Waals surface area contributed by atoms with Crippen molar-refractivity contribution in [3.8, 4) is 11.5 Å². The van der Waals surface area contributed by atoms with E-state index in [4.69, 9.17) is 9.47 Å². The van der Waals surface area contributed by atoms with Crippen LogP contribution in [0.3, 0.4) is 0 Å². The van der Waals surface area contributed by atoms with Crippen molar-refractivity contribution in [3.63, 3.8) is 0 Å². The van der Waals surface area contributed by atoms with Crippen LogP contribution in [0, 0.1) is 5.92 Å². The normalized spacial score (nSPS) is 33.3. The molecule has 1 saturated heterocycles. The van der Waals surface area contributed by atoms with Crippen LogP contribution in [0.2, 0.25) is 0 Å². The van der Waals surface area contributed by atoms with Gasteiger partial charge in [-0.2, -0.15) is 0 Å². The second kappa shape index (κ2) is 6.92. The monoisotopic (exact) mass is 444 g/mol. The number of carbonyl (C=O) groups is 3. The average Bonchev–Trinajstić information content (AvgIpc) is 3.08. The summed E-state index contributed by atoms with van der Waals surface area (Å²) in [6.07, 6.45) is 0.0692. The number of aliphatic hydroxyl groups is 1. The SMILES string of the molecule is CC(C)C(NC(=O)Oc1ccc2c3c1O[C@@H]1C(=O)CCC4(O)[C@@H](C2)N(C)CC[C@]314)C(=O)O. The van der Waals surface area contributed by atoms with Gasteiger partial charge in [0.25, 0.3) is 0 Å². The Labute approximate surface area is 185 Å². The van der Waals surface area contributed by atoms with Crippen LogP contribution >= 0.6 is 0 Å². The van der Waals surface area contributed by atoms with Crippen molar-refractivity contribution < 1.29 is 34.1 Å². The Morgan fingerprint density at radius 2 is 2.06 bits per heavy atom. The van der Waals surface area contributed by atoms with Crippen LogP contribution in [-0.4, -0.2) is 70.3 Å². The molecule has 2 aliphatic heterocycles. The van der Waals surface area contributed by atoms with Crippen LogP contribution in [0.5, 0.6) is 11.5 Å². The van der Waals surface area contributed by atoms with E-state index in [2.05, 4.69) is 10.2 Å². The fraction of sp³-hybridized carbons (Fsp3) is 0.609. The lowest BCUT2D eigenvalue weighted by Crippen LogP contribution is -2.76. The number of nitrogens with one attached hydrogen (secondary N) is 1. The maximum atomic E-state index is 12.9. The molecule has 3 N–H and O–H groups in total. The molecule has 5 rings (SSSR count). The summed E-state index contributed by atoms with van der Waals surface area (Å²) in [7, 11) is 2.00. The predicted octanol–water partition coefficient (Wildman–Crippen LogP) is 1.24. The Morgan fingerprint density at radius 1 is 1.31 bits per heavy atom. The van der Waals surface area contributed by atoms with Gasteiger partial charge in [0.05, 0.1) is 11.0 Å². The second-order valence-electron chi connectivity index (χ2n) is 9.83. The number of piperidine rings is 1. The topological polar surface area (TPSA) is 125 Å². The van der Waals surface area contributed by atoms with E-state index < -0.39 is 35.2 Å². The van der Waals surface area contributed by atoms with Gasteiger partial charge >= 0.3 is 12.1 Å². The molecule has 2 aliphatic carbocycles. The zero-order valence-corrected chi connectivity index (χ0v) is 18.4. The number of carbonyl (C=O) groups excluding carboxylic acids is 2. The number of ketones is 1. The molecule has 2 bridgehead atoms. The van der Waals surface area contributed by atoms with Crippen molar-refractivity contribution in [3.05, 3.63) is 23.3 Å². The molecule has 2 unspecified atom stereocenters. The number of rotatable bonds is 4. The molecule has 1 amide bonds. The number of carboxylic acid groups (broad SMARTS) is 1. The molecule has 32 heavy (non-hydrogen) atoms. The van der Waals surface area contributed by atoms with Gasteiger partial charge in [0.1, 0.15) is 6.04 Å². The number of carboxylic acids is 1. The van der Waals surface area contributed by atoms with Crippen LogP contribution in [0.25, 0.3) is 0 Å². The fourth-order valence-electron chi connectivity index (χ4n) is 6.37. The molecule has 9 nitrogen and oxygen atoms in total. The summed E-state index contributed by atoms with van der Waals surface area (Å²) in [5.74, 6) is -1.09. The molecule has 1 spiro atoms. The lowest BCUT2D eigenvalue weighted by atomic mass is 9.49. The summed E-state index contributed by atoms with van der Waals surface area (Å²) >= 11 is 0. The van der Waals surface area contributed by atoms with Crippen LogP contribution < -0.4 is 14.8 Å². The van der Waals surface area contributed by atoms with Crippen LogP contribution in [0.15, 0.2) is 12.1 Å². The second-order valence-corrected chi connectivity index (χ2v) is 9.83. The minimum absolute atomic E-state index is 0.0526. The molecule has 1 aromatic rings. The molecule has 9 heteroatoms. The summed E-state index contributed by atoms with van der Waals surface area (Å²) in [6, 6.07) is 2.26. The largest absolute Gasteiger partial charge is 0.480 e. The number of nitrogens with zero attached hydrogens (tertiary/aromatic N) is 1. The first-order valence-corrected chi connectivity index (χ1v) is 11.1. The number of aliphatic carboxylic acids is 1. The number of likely N-dealkylation sites (tertiary alicyclic amines) is 1. The molecule has 1 saturated carbocycles. The van der Waals surface area contributed by atoms with E-state index in [0.717, 1.165) is 17.7 Å². The first-order chi connectivity index (χ1) is 15.1. The van der Waals surface area contributed by atoms with E-state index in [1.165, 1.54) is 0 Å². The van der Waals surface area contributed by atoms with E-state index in [-0.39, 0.29) is 29.9 Å². The van der Waals surface area contributed by atoms with Gasteiger partial charge in [-0.25, -0.2) is 9.59 Å². The van der Waals surface area contributed by atoms with Gasteiger partial charge in [-0.15, -0.1) is 0 Å². The first-order valence-electron chi connectivity index (χ1n) is 11.1. The Bertz CT molecular complexity index is 1020. The van der Waals surface area contributed by atoms with Gasteiger partial charge in [-0.05, 0) is 50.4 Å². The highest BCUT2D eigenvalue weighted by atomic mass is 16.6. The molecule has 2 fully saturated rings. The summed E-state index contributed by atoms with van der Waals surface area (Å²) in [5.41, 5.74) is -0.216. The maximum absolute atomic E-state index is 12.9. The highest BCUT2D eigenvalue weighted by Gasteiger charge is 2.72. The minimum Gasteiger partial charge on any atom is -0.480 e. The Balaban J connectivity index is 1.55. The highest BCUT2D eigenvalue weighted by Crippen LogP contribution is 2.64. The van der Waals surface area contributed by atoms with Crippen molar-refractivity contribution in [2.75, 3.05) is 13.6 Å². The van der Waals surface area contributed by atoms with Crippen molar-refractivity contribution in [1.82, 2.24) is 10.2 Å². The molecular formula is C23H28N2O7. The quantitative estimate of drug-likeness (QED) is 0.633. The molecular weight excluding hydrogens is 416 g/mol. The summed E-state index contributed by atoms with van der Waals surface area (Å²) < 4.78 is 11.7. The number of amides is 1. The van der Waals surface area contributed by atoms with Crippen molar-refractivity contribution in [2.24, 2.45) is 5.92 Å². The molecule has 172 valence electrons. The number of likely N-dealkylation sites (N-methyl/N-ethyl adjacent to an activating group) is 1. The number of hydrogen-bond donors (Lipinski definition) is 3. The number of hydrogen-bond acceptors (Lipinski definition) is 7. The number of Topliss-reactive ketones (excluding diaryl/α,β-unsaturated/α-hetero) is 1. The number of benzene rings is 1. The van der Waals surface area contributed by atoms with Crippen molar-refractivity contribution in [1.29, 1.82) is 0 Å². The van der Waals surface area contributed by atoms with E-state index in [9.17, 15) is 24.6 Å².